The molecule has 3 N–H and O–H groups in total. The first-order valence-corrected chi connectivity index (χ1v) is 19.1. The van der Waals surface area contributed by atoms with Crippen LogP contribution >= 0.6 is 11.8 Å². The van der Waals surface area contributed by atoms with E-state index in [9.17, 15) is 19.5 Å². The Morgan fingerprint density at radius 3 is 1.77 bits per heavy atom. The normalized spacial score (nSPS) is 12.8. The second-order valence-corrected chi connectivity index (χ2v) is 14.6. The summed E-state index contributed by atoms with van der Waals surface area (Å²) in [6, 6.07) is 39.8. The topological polar surface area (TPSA) is 114 Å². The van der Waals surface area contributed by atoms with Gasteiger partial charge in [-0.2, -0.15) is 11.8 Å². The molecule has 0 bridgehead atoms. The molecule has 0 saturated heterocycles. The molecule has 2 unspecified atom stereocenters. The molecule has 4 aromatic carbocycles. The average Bonchev–Trinajstić information content (AvgIpc) is 3.17. The summed E-state index contributed by atoms with van der Waals surface area (Å²) >= 11 is 1.71. The van der Waals surface area contributed by atoms with Crippen LogP contribution in [0.15, 0.2) is 121 Å². The third-order valence-corrected chi connectivity index (χ3v) is 10.0. The highest BCUT2D eigenvalue weighted by atomic mass is 32.2. The summed E-state index contributed by atoms with van der Waals surface area (Å²) in [5.74, 6) is 0.713. The van der Waals surface area contributed by atoms with Crippen molar-refractivity contribution in [1.82, 2.24) is 10.6 Å². The van der Waals surface area contributed by atoms with E-state index in [1.165, 1.54) is 0 Å². The number of aliphatic hydroxyl groups is 1. The van der Waals surface area contributed by atoms with Crippen molar-refractivity contribution in [3.05, 3.63) is 144 Å². The molecule has 0 aromatic heterocycles. The van der Waals surface area contributed by atoms with Crippen molar-refractivity contribution in [2.24, 2.45) is 5.41 Å². The lowest BCUT2D eigenvalue weighted by Crippen LogP contribution is -2.48. The Morgan fingerprint density at radius 1 is 0.731 bits per heavy atom. The molecule has 0 aliphatic carbocycles. The van der Waals surface area contributed by atoms with Crippen LogP contribution in [0.25, 0.3) is 0 Å². The number of esters is 1. The van der Waals surface area contributed by atoms with Gasteiger partial charge in [-0.25, -0.2) is 0 Å². The first-order chi connectivity index (χ1) is 25.2. The highest BCUT2D eigenvalue weighted by Crippen LogP contribution is 2.42. The van der Waals surface area contributed by atoms with Crippen molar-refractivity contribution in [2.45, 2.75) is 57.7 Å². The van der Waals surface area contributed by atoms with Crippen LogP contribution in [0.5, 0.6) is 0 Å². The number of thioether (sulfide) groups is 1. The minimum atomic E-state index is -1.38. The van der Waals surface area contributed by atoms with E-state index in [0.29, 0.717) is 19.6 Å². The fourth-order valence-corrected chi connectivity index (χ4v) is 7.01. The second kappa shape index (κ2) is 20.6. The van der Waals surface area contributed by atoms with Crippen LogP contribution in [-0.4, -0.2) is 66.8 Å². The molecular weight excluding hydrogens is 673 g/mol. The predicted octanol–water partition coefficient (Wildman–Crippen LogP) is 6.87. The summed E-state index contributed by atoms with van der Waals surface area (Å²) in [6.45, 7) is 6.42. The van der Waals surface area contributed by atoms with E-state index in [0.717, 1.165) is 40.2 Å². The molecule has 0 saturated carbocycles. The van der Waals surface area contributed by atoms with Gasteiger partial charge < -0.3 is 25.2 Å². The van der Waals surface area contributed by atoms with Gasteiger partial charge in [0, 0.05) is 30.7 Å². The number of carbonyl (C=O) groups excluding carboxylic acids is 3. The van der Waals surface area contributed by atoms with E-state index in [1.807, 2.05) is 128 Å². The van der Waals surface area contributed by atoms with Gasteiger partial charge in [0.25, 0.3) is 0 Å². The summed E-state index contributed by atoms with van der Waals surface area (Å²) in [6.07, 6.45) is -0.122. The zero-order chi connectivity index (χ0) is 37.2. The zero-order valence-electron chi connectivity index (χ0n) is 30.5. The average molecular weight is 725 g/mol. The van der Waals surface area contributed by atoms with Gasteiger partial charge in [-0.1, -0.05) is 135 Å². The van der Waals surface area contributed by atoms with Crippen molar-refractivity contribution in [1.29, 1.82) is 0 Å². The molecule has 0 aliphatic rings. The maximum Gasteiger partial charge on any atom is 0.306 e. The molecular formula is C43H52N2O6S. The Hall–Kier alpha value is -4.44. The van der Waals surface area contributed by atoms with Crippen molar-refractivity contribution in [3.63, 3.8) is 0 Å². The van der Waals surface area contributed by atoms with Gasteiger partial charge in [0.15, 0.2) is 0 Å². The number of carbonyl (C=O) groups is 3. The summed E-state index contributed by atoms with van der Waals surface area (Å²) in [5.41, 5.74) is 1.95. The number of aliphatic hydroxyl groups excluding tert-OH is 1. The minimum absolute atomic E-state index is 0.0628. The van der Waals surface area contributed by atoms with Gasteiger partial charge in [-0.05, 0) is 47.3 Å². The molecule has 2 amide bonds. The van der Waals surface area contributed by atoms with Crippen LogP contribution in [0.4, 0.5) is 0 Å². The van der Waals surface area contributed by atoms with E-state index >= 15 is 0 Å². The van der Waals surface area contributed by atoms with Crippen LogP contribution in [0, 0.1) is 5.41 Å². The molecule has 4 aromatic rings. The number of amides is 2. The molecule has 8 nitrogen and oxygen atoms in total. The Bertz CT molecular complexity index is 1560. The highest BCUT2D eigenvalue weighted by molar-refractivity contribution is 7.99. The van der Waals surface area contributed by atoms with Gasteiger partial charge in [0.2, 0.25) is 11.8 Å². The third kappa shape index (κ3) is 11.5. The Kier molecular flexibility index (Phi) is 15.9. The van der Waals surface area contributed by atoms with Crippen LogP contribution in [0.1, 0.15) is 68.2 Å². The standard InChI is InChI=1S/C43H52N2O6S/c1-4-50-39(47)31-34(33-17-9-5-10-18-33)26-29-52-30-28-44-38(46)25-27-45-41(49)40(48)42(2,3)32-51-43(35-19-11-6-12-20-35,36-21-13-7-14-22-36)37-23-15-8-16-24-37/h5-24,34,40,48H,4,25-32H2,1-3H3,(H,44,46)(H,45,49). The number of hydrogen-bond donors (Lipinski definition) is 3. The van der Waals surface area contributed by atoms with Crippen molar-refractivity contribution in [2.75, 3.05) is 37.8 Å². The van der Waals surface area contributed by atoms with E-state index in [2.05, 4.69) is 10.6 Å². The lowest BCUT2D eigenvalue weighted by molar-refractivity contribution is -0.143. The smallest absolute Gasteiger partial charge is 0.306 e. The molecule has 0 fully saturated rings. The Morgan fingerprint density at radius 2 is 1.25 bits per heavy atom. The number of ether oxygens (including phenoxy) is 2. The number of nitrogens with one attached hydrogen (secondary N) is 2. The Labute approximate surface area is 312 Å². The fraction of sp³-hybridized carbons (Fsp3) is 0.372. The number of rotatable bonds is 21. The number of hydrogen-bond acceptors (Lipinski definition) is 7. The largest absolute Gasteiger partial charge is 0.466 e. The first kappa shape index (κ1) is 40.3. The molecule has 4 rings (SSSR count). The predicted molar refractivity (Wildman–Crippen MR) is 208 cm³/mol. The Balaban J connectivity index is 1.24. The molecule has 0 spiro atoms. The molecule has 276 valence electrons. The van der Waals surface area contributed by atoms with Gasteiger partial charge >= 0.3 is 5.97 Å². The first-order valence-electron chi connectivity index (χ1n) is 18.0. The van der Waals surface area contributed by atoms with Gasteiger partial charge in [0.1, 0.15) is 11.7 Å². The quantitative estimate of drug-likeness (QED) is 0.0489. The van der Waals surface area contributed by atoms with E-state index in [-0.39, 0.29) is 37.4 Å². The lowest BCUT2D eigenvalue weighted by atomic mass is 9.79. The fourth-order valence-electron chi connectivity index (χ4n) is 6.10. The van der Waals surface area contributed by atoms with Crippen LogP contribution < -0.4 is 10.6 Å². The van der Waals surface area contributed by atoms with Crippen LogP contribution in [-0.2, 0) is 29.5 Å². The molecule has 9 heteroatoms. The summed E-state index contributed by atoms with van der Waals surface area (Å²) in [4.78, 5) is 37.8. The lowest BCUT2D eigenvalue weighted by Gasteiger charge is -2.39. The monoisotopic (exact) mass is 724 g/mol. The zero-order valence-corrected chi connectivity index (χ0v) is 31.3. The van der Waals surface area contributed by atoms with Gasteiger partial charge in [0.05, 0.1) is 19.6 Å². The minimum Gasteiger partial charge on any atom is -0.466 e. The molecule has 0 radical (unpaired) electrons. The van der Waals surface area contributed by atoms with Crippen molar-refractivity contribution >= 4 is 29.5 Å². The maximum absolute atomic E-state index is 13.1. The molecule has 2 atom stereocenters. The molecule has 0 aliphatic heterocycles. The van der Waals surface area contributed by atoms with Gasteiger partial charge in [-0.3, -0.25) is 14.4 Å². The van der Waals surface area contributed by atoms with Crippen molar-refractivity contribution < 1.29 is 29.0 Å². The summed E-state index contributed by atoms with van der Waals surface area (Å²) in [7, 11) is 0. The SMILES string of the molecule is CCOC(=O)CC(CCSCCNC(=O)CCNC(=O)C(O)C(C)(C)COC(c1ccccc1)(c1ccccc1)c1ccccc1)c1ccccc1. The second-order valence-electron chi connectivity index (χ2n) is 13.4. The molecule has 0 heterocycles. The summed E-state index contributed by atoms with van der Waals surface area (Å²) in [5, 5.41) is 16.8. The number of benzene rings is 4. The van der Waals surface area contributed by atoms with Gasteiger partial charge in [-0.15, -0.1) is 0 Å². The van der Waals surface area contributed by atoms with E-state index < -0.39 is 23.0 Å². The van der Waals surface area contributed by atoms with Crippen LogP contribution in [0.3, 0.4) is 0 Å². The maximum atomic E-state index is 13.1. The third-order valence-electron chi connectivity index (χ3n) is 9.01. The molecule has 52 heavy (non-hydrogen) atoms. The summed E-state index contributed by atoms with van der Waals surface area (Å²) < 4.78 is 12.0. The van der Waals surface area contributed by atoms with Crippen molar-refractivity contribution in [3.8, 4) is 0 Å². The highest BCUT2D eigenvalue weighted by Gasteiger charge is 2.42. The van der Waals surface area contributed by atoms with E-state index in [4.69, 9.17) is 9.47 Å². The van der Waals surface area contributed by atoms with E-state index in [1.54, 1.807) is 25.6 Å². The van der Waals surface area contributed by atoms with Crippen LogP contribution in [0.2, 0.25) is 0 Å².